The Morgan fingerprint density at radius 3 is 2.22 bits per heavy atom. The Labute approximate surface area is 233 Å². The summed E-state index contributed by atoms with van der Waals surface area (Å²) < 4.78 is 5.85. The standard InChI is InChI=1S/C25H28N10O6/c1-32-10-9-26-20(32)23(38)31-18-6-5-15(35(18)4)22(37)27-8-7-19(36)29-17-13-34(3)21(30-17)24(39)28-14-11-16(25(40)41)33(2)12-14/h5-6,9-13H,7-8H2,1-4H3,(H,27,37)(H,28,39)(H,29,36)(H,31,38)(H,40,41). The Morgan fingerprint density at radius 2 is 1.56 bits per heavy atom. The summed E-state index contributed by atoms with van der Waals surface area (Å²) in [6, 6.07) is 4.44. The van der Waals surface area contributed by atoms with E-state index in [4.69, 9.17) is 5.11 Å². The molecule has 4 amide bonds. The number of hydrogen-bond donors (Lipinski definition) is 5. The first-order chi connectivity index (χ1) is 19.4. The zero-order valence-electron chi connectivity index (χ0n) is 22.6. The predicted molar refractivity (Wildman–Crippen MR) is 146 cm³/mol. The number of nitrogens with one attached hydrogen (secondary N) is 4. The summed E-state index contributed by atoms with van der Waals surface area (Å²) in [6.07, 6.45) is 5.98. The van der Waals surface area contributed by atoms with Crippen molar-refractivity contribution in [2.24, 2.45) is 28.2 Å². The molecule has 0 spiro atoms. The molecule has 4 heterocycles. The van der Waals surface area contributed by atoms with Crippen molar-refractivity contribution in [3.8, 4) is 0 Å². The zero-order valence-corrected chi connectivity index (χ0v) is 22.6. The molecule has 0 saturated carbocycles. The molecule has 0 atom stereocenters. The minimum Gasteiger partial charge on any atom is -0.477 e. The van der Waals surface area contributed by atoms with E-state index in [1.807, 2.05) is 0 Å². The van der Waals surface area contributed by atoms with Crippen LogP contribution in [0.25, 0.3) is 0 Å². The number of aromatic carboxylic acids is 1. The van der Waals surface area contributed by atoms with E-state index < -0.39 is 29.6 Å². The van der Waals surface area contributed by atoms with Gasteiger partial charge < -0.3 is 44.6 Å². The molecular weight excluding hydrogens is 536 g/mol. The number of nitrogens with zero attached hydrogens (tertiary/aromatic N) is 6. The van der Waals surface area contributed by atoms with E-state index >= 15 is 0 Å². The normalized spacial score (nSPS) is 10.7. The number of carbonyl (C=O) groups excluding carboxylic acids is 4. The average Bonchev–Trinajstić information content (AvgIpc) is 3.67. The number of aromatic nitrogens is 6. The summed E-state index contributed by atoms with van der Waals surface area (Å²) in [6.45, 7) is 0.0188. The highest BCUT2D eigenvalue weighted by Gasteiger charge is 2.19. The lowest BCUT2D eigenvalue weighted by molar-refractivity contribution is -0.116. The molecule has 4 rings (SSSR count). The molecule has 5 N–H and O–H groups in total. The van der Waals surface area contributed by atoms with Gasteiger partial charge in [-0.1, -0.05) is 0 Å². The fourth-order valence-electron chi connectivity index (χ4n) is 3.98. The van der Waals surface area contributed by atoms with Crippen molar-refractivity contribution in [2.75, 3.05) is 22.5 Å². The Morgan fingerprint density at radius 1 is 0.829 bits per heavy atom. The Bertz CT molecular complexity index is 1660. The maximum absolute atomic E-state index is 12.6. The third-order valence-corrected chi connectivity index (χ3v) is 6.09. The summed E-state index contributed by atoms with van der Waals surface area (Å²) in [5, 5.41) is 19.7. The van der Waals surface area contributed by atoms with Gasteiger partial charge in [0.25, 0.3) is 17.7 Å². The van der Waals surface area contributed by atoms with Gasteiger partial charge in [-0.3, -0.25) is 19.2 Å². The van der Waals surface area contributed by atoms with Gasteiger partial charge in [0.1, 0.15) is 17.2 Å². The van der Waals surface area contributed by atoms with Crippen LogP contribution in [0.5, 0.6) is 0 Å². The number of rotatable bonds is 10. The molecule has 0 radical (unpaired) electrons. The molecule has 0 bridgehead atoms. The Kier molecular flexibility index (Phi) is 8.02. The van der Waals surface area contributed by atoms with Gasteiger partial charge in [0.05, 0.1) is 5.69 Å². The van der Waals surface area contributed by atoms with Gasteiger partial charge in [-0.15, -0.1) is 0 Å². The van der Waals surface area contributed by atoms with Crippen molar-refractivity contribution in [3.05, 3.63) is 66.0 Å². The molecule has 16 heteroatoms. The third kappa shape index (κ3) is 6.32. The number of anilines is 3. The largest absolute Gasteiger partial charge is 0.477 e. The molecule has 16 nitrogen and oxygen atoms in total. The van der Waals surface area contributed by atoms with Gasteiger partial charge >= 0.3 is 5.97 Å². The minimum absolute atomic E-state index is 0.0000633. The van der Waals surface area contributed by atoms with Gasteiger partial charge in [0.15, 0.2) is 11.6 Å². The number of carbonyl (C=O) groups is 5. The van der Waals surface area contributed by atoms with Crippen LogP contribution in [0.2, 0.25) is 0 Å². The van der Waals surface area contributed by atoms with Gasteiger partial charge in [0, 0.05) is 65.9 Å². The fourth-order valence-corrected chi connectivity index (χ4v) is 3.98. The van der Waals surface area contributed by atoms with E-state index in [0.717, 1.165) is 0 Å². The van der Waals surface area contributed by atoms with Gasteiger partial charge in [-0.05, 0) is 18.2 Å². The second-order valence-electron chi connectivity index (χ2n) is 9.08. The van der Waals surface area contributed by atoms with E-state index in [-0.39, 0.29) is 47.5 Å². The lowest BCUT2D eigenvalue weighted by Gasteiger charge is -2.09. The summed E-state index contributed by atoms with van der Waals surface area (Å²) in [7, 11) is 6.42. The van der Waals surface area contributed by atoms with Crippen molar-refractivity contribution in [1.29, 1.82) is 0 Å². The van der Waals surface area contributed by atoms with Crippen LogP contribution in [-0.2, 0) is 33.0 Å². The number of hydrogen-bond acceptors (Lipinski definition) is 7. The quantitative estimate of drug-likeness (QED) is 0.186. The number of carboxylic acid groups (broad SMARTS) is 1. The van der Waals surface area contributed by atoms with Crippen molar-refractivity contribution in [1.82, 2.24) is 33.6 Å². The van der Waals surface area contributed by atoms with Crippen molar-refractivity contribution < 1.29 is 29.1 Å². The minimum atomic E-state index is -1.13. The van der Waals surface area contributed by atoms with E-state index in [1.54, 1.807) is 44.0 Å². The third-order valence-electron chi connectivity index (χ3n) is 6.09. The van der Waals surface area contributed by atoms with Gasteiger partial charge in [0.2, 0.25) is 11.7 Å². The van der Waals surface area contributed by atoms with Crippen molar-refractivity contribution in [3.63, 3.8) is 0 Å². The predicted octanol–water partition coefficient (Wildman–Crippen LogP) is 0.792. The van der Waals surface area contributed by atoms with Crippen LogP contribution < -0.4 is 21.3 Å². The number of aryl methyl sites for hydroxylation is 3. The summed E-state index contributed by atoms with van der Waals surface area (Å²) in [4.78, 5) is 69.4. The highest BCUT2D eigenvalue weighted by atomic mass is 16.4. The van der Waals surface area contributed by atoms with Gasteiger partial charge in [-0.2, -0.15) is 0 Å². The number of carboxylic acids is 1. The molecule has 214 valence electrons. The molecular formula is C25H28N10O6. The van der Waals surface area contributed by atoms with Crippen LogP contribution in [0, 0.1) is 0 Å². The topological polar surface area (TPSA) is 199 Å². The molecule has 0 aromatic carbocycles. The average molecular weight is 565 g/mol. The van der Waals surface area contributed by atoms with E-state index in [9.17, 15) is 24.0 Å². The first-order valence-electron chi connectivity index (χ1n) is 12.2. The number of amides is 4. The Balaban J connectivity index is 1.27. The van der Waals surface area contributed by atoms with E-state index in [1.165, 1.54) is 45.4 Å². The molecule has 4 aromatic heterocycles. The molecule has 0 aliphatic carbocycles. The zero-order chi connectivity index (χ0) is 29.8. The lowest BCUT2D eigenvalue weighted by atomic mass is 10.3. The molecule has 41 heavy (non-hydrogen) atoms. The fraction of sp³-hybridized carbons (Fsp3) is 0.240. The maximum Gasteiger partial charge on any atom is 0.352 e. The van der Waals surface area contributed by atoms with E-state index in [2.05, 4.69) is 31.2 Å². The van der Waals surface area contributed by atoms with Gasteiger partial charge in [-0.25, -0.2) is 14.8 Å². The van der Waals surface area contributed by atoms with Crippen molar-refractivity contribution in [2.45, 2.75) is 6.42 Å². The van der Waals surface area contributed by atoms with Crippen LogP contribution in [0.4, 0.5) is 17.3 Å². The van der Waals surface area contributed by atoms with Crippen LogP contribution >= 0.6 is 0 Å². The molecule has 0 unspecified atom stereocenters. The lowest BCUT2D eigenvalue weighted by Crippen LogP contribution is -2.29. The maximum atomic E-state index is 12.6. The first-order valence-corrected chi connectivity index (χ1v) is 12.2. The van der Waals surface area contributed by atoms with E-state index in [0.29, 0.717) is 5.82 Å². The van der Waals surface area contributed by atoms with Crippen LogP contribution in [0.15, 0.2) is 43.0 Å². The first kappa shape index (κ1) is 28.3. The molecule has 0 aliphatic rings. The summed E-state index contributed by atoms with van der Waals surface area (Å²) in [5.74, 6) is -2.32. The van der Waals surface area contributed by atoms with Crippen molar-refractivity contribution >= 4 is 46.9 Å². The smallest absolute Gasteiger partial charge is 0.352 e. The SMILES string of the molecule is Cn1cc(NC(=O)c2nc(NC(=O)CCNC(=O)c3ccc(NC(=O)c4nccn4C)n3C)cn2C)cc1C(=O)O. The van der Waals surface area contributed by atoms with Crippen LogP contribution in [0.3, 0.4) is 0 Å². The molecule has 0 fully saturated rings. The highest BCUT2D eigenvalue weighted by molar-refractivity contribution is 6.04. The molecule has 0 aliphatic heterocycles. The monoisotopic (exact) mass is 564 g/mol. The summed E-state index contributed by atoms with van der Waals surface area (Å²) in [5.41, 5.74) is 0.551. The Hall–Kier alpha value is -5.67. The molecule has 4 aromatic rings. The number of imidazole rings is 2. The molecule has 0 saturated heterocycles. The second kappa shape index (κ2) is 11.6. The summed E-state index contributed by atoms with van der Waals surface area (Å²) >= 11 is 0. The van der Waals surface area contributed by atoms with Crippen LogP contribution in [0.1, 0.15) is 48.6 Å². The second-order valence-corrected chi connectivity index (χ2v) is 9.08. The van der Waals surface area contributed by atoms with Crippen LogP contribution in [-0.4, -0.2) is 69.5 Å². The highest BCUT2D eigenvalue weighted by Crippen LogP contribution is 2.16.